The van der Waals surface area contributed by atoms with Gasteiger partial charge in [-0.1, -0.05) is 12.1 Å². The summed E-state index contributed by atoms with van der Waals surface area (Å²) in [4.78, 5) is 14.5. The van der Waals surface area contributed by atoms with Crippen molar-refractivity contribution in [2.45, 2.75) is 13.3 Å². The molecule has 0 saturated heterocycles. The van der Waals surface area contributed by atoms with Gasteiger partial charge in [-0.05, 0) is 31.2 Å². The number of phenolic OH excluding ortho intramolecular Hbond substituents is 1. The molecular formula is C15H12O2S. The molecule has 1 aromatic carbocycles. The monoisotopic (exact) mass is 256 g/mol. The summed E-state index contributed by atoms with van der Waals surface area (Å²) in [5, 5.41) is 9.76. The molecule has 1 aromatic heterocycles. The van der Waals surface area contributed by atoms with Crippen molar-refractivity contribution in [2.24, 2.45) is 0 Å². The molecule has 0 fully saturated rings. The van der Waals surface area contributed by atoms with Gasteiger partial charge in [0.05, 0.1) is 0 Å². The van der Waals surface area contributed by atoms with Gasteiger partial charge in [0.15, 0.2) is 5.78 Å². The Morgan fingerprint density at radius 2 is 2.11 bits per heavy atom. The molecule has 2 aromatic rings. The van der Waals surface area contributed by atoms with E-state index < -0.39 is 0 Å². The highest BCUT2D eigenvalue weighted by molar-refractivity contribution is 7.12. The molecule has 0 saturated carbocycles. The lowest BCUT2D eigenvalue weighted by atomic mass is 10.1. The van der Waals surface area contributed by atoms with Crippen LogP contribution in [0.2, 0.25) is 0 Å². The Bertz CT molecular complexity index is 665. The number of aryl methyl sites for hydroxylation is 1. The number of aromatic hydroxyl groups is 1. The largest absolute Gasteiger partial charge is 0.508 e. The van der Waals surface area contributed by atoms with Gasteiger partial charge in [-0.3, -0.25) is 4.79 Å². The summed E-state index contributed by atoms with van der Waals surface area (Å²) in [5.74, 6) is 0.249. The van der Waals surface area contributed by atoms with E-state index in [-0.39, 0.29) is 11.5 Å². The summed E-state index contributed by atoms with van der Waals surface area (Å²) in [6.07, 6.45) is 2.46. The smallest absolute Gasteiger partial charge is 0.189 e. The number of phenols is 1. The van der Waals surface area contributed by atoms with Gasteiger partial charge < -0.3 is 5.11 Å². The quantitative estimate of drug-likeness (QED) is 0.792. The standard InChI is InChI=1S/C15H12O2S/c1-9-5-6-11(18-9)7-10-8-13-12(15(10)17)3-2-4-14(13)16/h2-7,16H,8H2,1H3/b10-7+. The molecule has 1 aliphatic rings. The molecule has 0 bridgehead atoms. The molecule has 0 atom stereocenters. The first-order valence-electron chi connectivity index (χ1n) is 5.78. The van der Waals surface area contributed by atoms with Gasteiger partial charge in [0.25, 0.3) is 0 Å². The molecule has 0 spiro atoms. The highest BCUT2D eigenvalue weighted by Crippen LogP contribution is 2.34. The SMILES string of the molecule is Cc1ccc(/C=C2\Cc3c(O)cccc3C2=O)s1. The van der Waals surface area contributed by atoms with Crippen molar-refractivity contribution in [2.75, 3.05) is 0 Å². The lowest BCUT2D eigenvalue weighted by Gasteiger charge is -1.97. The van der Waals surface area contributed by atoms with Crippen molar-refractivity contribution in [3.05, 3.63) is 56.8 Å². The van der Waals surface area contributed by atoms with Gasteiger partial charge >= 0.3 is 0 Å². The lowest BCUT2D eigenvalue weighted by molar-refractivity contribution is 0.104. The van der Waals surface area contributed by atoms with Crippen LogP contribution in [-0.2, 0) is 6.42 Å². The normalized spacial score (nSPS) is 16.3. The first-order valence-corrected chi connectivity index (χ1v) is 6.59. The second-order valence-corrected chi connectivity index (χ2v) is 5.75. The number of carbonyl (C=O) groups is 1. The molecule has 1 heterocycles. The third kappa shape index (κ3) is 1.77. The van der Waals surface area contributed by atoms with Gasteiger partial charge in [0, 0.05) is 32.9 Å². The van der Waals surface area contributed by atoms with E-state index >= 15 is 0 Å². The lowest BCUT2D eigenvalue weighted by Crippen LogP contribution is -1.94. The highest BCUT2D eigenvalue weighted by atomic mass is 32.1. The predicted molar refractivity (Wildman–Crippen MR) is 73.2 cm³/mol. The Morgan fingerprint density at radius 3 is 2.78 bits per heavy atom. The van der Waals surface area contributed by atoms with Gasteiger partial charge in [0.2, 0.25) is 0 Å². The van der Waals surface area contributed by atoms with Crippen molar-refractivity contribution in [1.29, 1.82) is 0 Å². The van der Waals surface area contributed by atoms with Crippen LogP contribution in [0, 0.1) is 6.92 Å². The van der Waals surface area contributed by atoms with Gasteiger partial charge in [0.1, 0.15) is 5.75 Å². The summed E-state index contributed by atoms with van der Waals surface area (Å²) in [6, 6.07) is 9.18. The summed E-state index contributed by atoms with van der Waals surface area (Å²) in [5.41, 5.74) is 2.14. The Kier molecular flexibility index (Phi) is 2.56. The maximum absolute atomic E-state index is 12.2. The molecule has 0 amide bonds. The third-order valence-electron chi connectivity index (χ3n) is 3.13. The van der Waals surface area contributed by atoms with Crippen LogP contribution in [0.25, 0.3) is 6.08 Å². The summed E-state index contributed by atoms with van der Waals surface area (Å²) < 4.78 is 0. The molecule has 1 N–H and O–H groups in total. The summed E-state index contributed by atoms with van der Waals surface area (Å²) in [7, 11) is 0. The third-order valence-corrected chi connectivity index (χ3v) is 4.08. The predicted octanol–water partition coefficient (Wildman–Crippen LogP) is 3.58. The Morgan fingerprint density at radius 1 is 1.28 bits per heavy atom. The van der Waals surface area contributed by atoms with Crippen LogP contribution in [0.4, 0.5) is 0 Å². The van der Waals surface area contributed by atoms with Crippen molar-refractivity contribution in [3.8, 4) is 5.75 Å². The second kappa shape index (κ2) is 4.10. The Balaban J connectivity index is 2.02. The first-order chi connectivity index (χ1) is 8.65. The molecule has 3 heteroatoms. The van der Waals surface area contributed by atoms with Crippen LogP contribution in [0.5, 0.6) is 5.75 Å². The molecule has 1 aliphatic carbocycles. The fourth-order valence-corrected chi connectivity index (χ4v) is 3.08. The number of Topliss-reactive ketones (excluding diaryl/α,β-unsaturated/α-hetero) is 1. The highest BCUT2D eigenvalue weighted by Gasteiger charge is 2.26. The zero-order chi connectivity index (χ0) is 12.7. The summed E-state index contributed by atoms with van der Waals surface area (Å²) >= 11 is 1.67. The minimum absolute atomic E-state index is 0.0342. The van der Waals surface area contributed by atoms with E-state index in [0.29, 0.717) is 12.0 Å². The van der Waals surface area contributed by atoms with E-state index in [1.807, 2.05) is 25.1 Å². The zero-order valence-corrected chi connectivity index (χ0v) is 10.8. The van der Waals surface area contributed by atoms with Crippen LogP contribution >= 0.6 is 11.3 Å². The van der Waals surface area contributed by atoms with Crippen molar-refractivity contribution in [3.63, 3.8) is 0 Å². The molecular weight excluding hydrogens is 244 g/mol. The number of allylic oxidation sites excluding steroid dienone is 1. The van der Waals surface area contributed by atoms with E-state index in [9.17, 15) is 9.90 Å². The van der Waals surface area contributed by atoms with Crippen molar-refractivity contribution >= 4 is 23.2 Å². The number of hydrogen-bond donors (Lipinski definition) is 1. The van der Waals surface area contributed by atoms with E-state index in [1.165, 1.54) is 4.88 Å². The average Bonchev–Trinajstić information content (AvgIpc) is 2.88. The number of benzene rings is 1. The van der Waals surface area contributed by atoms with Crippen LogP contribution < -0.4 is 0 Å². The second-order valence-electron chi connectivity index (χ2n) is 4.43. The fourth-order valence-electron chi connectivity index (χ4n) is 2.24. The fraction of sp³-hybridized carbons (Fsp3) is 0.133. The molecule has 18 heavy (non-hydrogen) atoms. The van der Waals surface area contributed by atoms with E-state index in [0.717, 1.165) is 16.0 Å². The number of ketones is 1. The Labute approximate surface area is 109 Å². The van der Waals surface area contributed by atoms with Crippen molar-refractivity contribution < 1.29 is 9.90 Å². The Hall–Kier alpha value is -1.87. The maximum atomic E-state index is 12.2. The van der Waals surface area contributed by atoms with Gasteiger partial charge in [-0.25, -0.2) is 0 Å². The van der Waals surface area contributed by atoms with E-state index in [4.69, 9.17) is 0 Å². The number of fused-ring (bicyclic) bond motifs is 1. The molecule has 0 unspecified atom stereocenters. The number of hydrogen-bond acceptors (Lipinski definition) is 3. The van der Waals surface area contributed by atoms with Crippen molar-refractivity contribution in [1.82, 2.24) is 0 Å². The van der Waals surface area contributed by atoms with Crippen LogP contribution in [-0.4, -0.2) is 10.9 Å². The maximum Gasteiger partial charge on any atom is 0.189 e. The van der Waals surface area contributed by atoms with E-state index in [2.05, 4.69) is 0 Å². The molecule has 0 aliphatic heterocycles. The molecule has 0 radical (unpaired) electrons. The first kappa shape index (κ1) is 11.2. The molecule has 90 valence electrons. The topological polar surface area (TPSA) is 37.3 Å². The minimum atomic E-state index is 0.0342. The molecule has 2 nitrogen and oxygen atoms in total. The van der Waals surface area contributed by atoms with Crippen LogP contribution in [0.15, 0.2) is 35.9 Å². The average molecular weight is 256 g/mol. The minimum Gasteiger partial charge on any atom is -0.508 e. The van der Waals surface area contributed by atoms with Crippen LogP contribution in [0.1, 0.15) is 25.7 Å². The van der Waals surface area contributed by atoms with E-state index in [1.54, 1.807) is 29.5 Å². The molecule has 3 rings (SSSR count). The number of thiophene rings is 1. The number of carbonyl (C=O) groups excluding carboxylic acids is 1. The van der Waals surface area contributed by atoms with Crippen LogP contribution in [0.3, 0.4) is 0 Å². The van der Waals surface area contributed by atoms with Gasteiger partial charge in [-0.2, -0.15) is 0 Å². The number of rotatable bonds is 1. The summed E-state index contributed by atoms with van der Waals surface area (Å²) in [6.45, 7) is 2.05. The van der Waals surface area contributed by atoms with Gasteiger partial charge in [-0.15, -0.1) is 11.3 Å². The zero-order valence-electron chi connectivity index (χ0n) is 9.93.